The van der Waals surface area contributed by atoms with Gasteiger partial charge < -0.3 is 25.0 Å². The van der Waals surface area contributed by atoms with Crippen molar-refractivity contribution >= 4 is 23.5 Å². The number of nitrogens with zero attached hydrogens (tertiary/aromatic N) is 2. The van der Waals surface area contributed by atoms with Crippen LogP contribution in [0.4, 0.5) is 5.69 Å². The number of ether oxygens (including phenoxy) is 1. The minimum Gasteiger partial charge on any atom is -0.482 e. The Kier molecular flexibility index (Phi) is 4.97. The van der Waals surface area contributed by atoms with Gasteiger partial charge in [-0.3, -0.25) is 9.59 Å². The van der Waals surface area contributed by atoms with E-state index in [-0.39, 0.29) is 36.8 Å². The van der Waals surface area contributed by atoms with Gasteiger partial charge in [0.25, 0.3) is 5.91 Å². The number of benzene rings is 1. The van der Waals surface area contributed by atoms with E-state index in [0.717, 1.165) is 25.9 Å². The van der Waals surface area contributed by atoms with Gasteiger partial charge in [0.2, 0.25) is 5.91 Å². The van der Waals surface area contributed by atoms with Crippen molar-refractivity contribution in [3.05, 3.63) is 24.3 Å². The summed E-state index contributed by atoms with van der Waals surface area (Å²) in [5.74, 6) is -0.735. The van der Waals surface area contributed by atoms with Crippen LogP contribution in [0, 0.1) is 5.41 Å². The molecule has 3 aliphatic rings. The van der Waals surface area contributed by atoms with Crippen LogP contribution >= 0.6 is 0 Å². The molecule has 3 heterocycles. The minimum absolute atomic E-state index is 0.0528. The van der Waals surface area contributed by atoms with E-state index in [1.807, 2.05) is 12.1 Å². The topological polar surface area (TPSA) is 99.2 Å². The standard InChI is InChI=1S/C20H25N3O5/c24-17(5-10-22-14-3-1-2-4-16(14)28-12-18(22)25)23-13-20(6-8-21-9-7-20)11-15(23)19(26)27/h1-4,15,21H,5-13H2,(H,26,27). The van der Waals surface area contributed by atoms with Crippen molar-refractivity contribution in [1.29, 1.82) is 0 Å². The van der Waals surface area contributed by atoms with E-state index < -0.39 is 12.0 Å². The second kappa shape index (κ2) is 7.43. The molecule has 8 nitrogen and oxygen atoms in total. The van der Waals surface area contributed by atoms with Crippen LogP contribution in [-0.4, -0.2) is 66.6 Å². The third kappa shape index (κ3) is 3.44. The molecular formula is C20H25N3O5. The molecule has 3 aliphatic heterocycles. The molecule has 0 bridgehead atoms. The van der Waals surface area contributed by atoms with Gasteiger partial charge in [-0.15, -0.1) is 0 Å². The number of fused-ring (bicyclic) bond motifs is 1. The third-order valence-corrected chi connectivity index (χ3v) is 6.14. The first-order chi connectivity index (χ1) is 13.5. The number of para-hydroxylation sites is 2. The highest BCUT2D eigenvalue weighted by molar-refractivity contribution is 5.98. The first-order valence-corrected chi connectivity index (χ1v) is 9.74. The Morgan fingerprint density at radius 2 is 2.00 bits per heavy atom. The summed E-state index contributed by atoms with van der Waals surface area (Å²) in [5, 5.41) is 12.9. The van der Waals surface area contributed by atoms with Gasteiger partial charge in [0.1, 0.15) is 11.8 Å². The number of carbonyl (C=O) groups excluding carboxylic acids is 2. The highest BCUT2D eigenvalue weighted by Gasteiger charge is 2.48. The molecule has 1 aromatic carbocycles. The van der Waals surface area contributed by atoms with E-state index in [2.05, 4.69) is 5.32 Å². The number of aliphatic carboxylic acids is 1. The van der Waals surface area contributed by atoms with Crippen molar-refractivity contribution in [2.24, 2.45) is 5.41 Å². The highest BCUT2D eigenvalue weighted by Crippen LogP contribution is 2.42. The fourth-order valence-corrected chi connectivity index (χ4v) is 4.61. The molecule has 8 heteroatoms. The van der Waals surface area contributed by atoms with Crippen LogP contribution in [0.5, 0.6) is 5.75 Å². The molecule has 2 saturated heterocycles. The van der Waals surface area contributed by atoms with Gasteiger partial charge in [-0.05, 0) is 49.9 Å². The van der Waals surface area contributed by atoms with E-state index in [1.165, 1.54) is 4.90 Å². The van der Waals surface area contributed by atoms with Crippen molar-refractivity contribution in [2.75, 3.05) is 37.7 Å². The minimum atomic E-state index is -0.948. The SMILES string of the molecule is O=C(O)C1CC2(CCNCC2)CN1C(=O)CCN1C(=O)COc2ccccc21. The normalized spacial score (nSPS) is 23.4. The van der Waals surface area contributed by atoms with Crippen LogP contribution in [-0.2, 0) is 14.4 Å². The molecule has 0 aromatic heterocycles. The fourth-order valence-electron chi connectivity index (χ4n) is 4.61. The van der Waals surface area contributed by atoms with Crippen molar-refractivity contribution in [1.82, 2.24) is 10.2 Å². The molecule has 150 valence electrons. The predicted octanol–water partition coefficient (Wildman–Crippen LogP) is 0.857. The Balaban J connectivity index is 1.46. The average Bonchev–Trinajstić information content (AvgIpc) is 3.07. The molecule has 2 amide bonds. The number of carboxylic acid groups (broad SMARTS) is 1. The Labute approximate surface area is 163 Å². The molecule has 2 N–H and O–H groups in total. The number of amides is 2. The van der Waals surface area contributed by atoms with Gasteiger partial charge in [-0.1, -0.05) is 12.1 Å². The highest BCUT2D eigenvalue weighted by atomic mass is 16.5. The lowest BCUT2D eigenvalue weighted by atomic mass is 9.77. The van der Waals surface area contributed by atoms with E-state index in [9.17, 15) is 19.5 Å². The number of hydrogen-bond donors (Lipinski definition) is 2. The van der Waals surface area contributed by atoms with Gasteiger partial charge in [0, 0.05) is 19.5 Å². The number of likely N-dealkylation sites (tertiary alicyclic amines) is 1. The summed E-state index contributed by atoms with van der Waals surface area (Å²) in [6, 6.07) is 6.45. The summed E-state index contributed by atoms with van der Waals surface area (Å²) in [6.07, 6.45) is 2.37. The van der Waals surface area contributed by atoms with Gasteiger partial charge >= 0.3 is 5.97 Å². The third-order valence-electron chi connectivity index (χ3n) is 6.14. The molecule has 0 saturated carbocycles. The summed E-state index contributed by atoms with van der Waals surface area (Å²) in [5.41, 5.74) is 0.545. The molecule has 2 fully saturated rings. The Hall–Kier alpha value is -2.61. The molecule has 1 aromatic rings. The molecule has 1 spiro atoms. The van der Waals surface area contributed by atoms with Gasteiger partial charge in [0.15, 0.2) is 6.61 Å². The largest absolute Gasteiger partial charge is 0.482 e. The van der Waals surface area contributed by atoms with Crippen LogP contribution in [0.15, 0.2) is 24.3 Å². The molecule has 0 aliphatic carbocycles. The zero-order chi connectivity index (χ0) is 19.7. The zero-order valence-corrected chi connectivity index (χ0v) is 15.7. The second-order valence-electron chi connectivity index (χ2n) is 7.88. The number of rotatable bonds is 4. The van der Waals surface area contributed by atoms with Gasteiger partial charge in [-0.2, -0.15) is 0 Å². The molecule has 0 radical (unpaired) electrons. The Bertz CT molecular complexity index is 790. The van der Waals surface area contributed by atoms with Crippen LogP contribution < -0.4 is 15.0 Å². The van der Waals surface area contributed by atoms with Crippen molar-refractivity contribution < 1.29 is 24.2 Å². The predicted molar refractivity (Wildman–Crippen MR) is 101 cm³/mol. The van der Waals surface area contributed by atoms with Crippen LogP contribution in [0.2, 0.25) is 0 Å². The molecule has 4 rings (SSSR count). The quantitative estimate of drug-likeness (QED) is 0.795. The average molecular weight is 387 g/mol. The number of carboxylic acids is 1. The van der Waals surface area contributed by atoms with Crippen LogP contribution in [0.25, 0.3) is 0 Å². The van der Waals surface area contributed by atoms with E-state index in [0.29, 0.717) is 24.4 Å². The maximum absolute atomic E-state index is 12.9. The summed E-state index contributed by atoms with van der Waals surface area (Å²) >= 11 is 0. The second-order valence-corrected chi connectivity index (χ2v) is 7.88. The molecular weight excluding hydrogens is 362 g/mol. The number of nitrogens with one attached hydrogen (secondary N) is 1. The fraction of sp³-hybridized carbons (Fsp3) is 0.550. The van der Waals surface area contributed by atoms with Crippen LogP contribution in [0.3, 0.4) is 0 Å². The first-order valence-electron chi connectivity index (χ1n) is 9.74. The number of hydrogen-bond acceptors (Lipinski definition) is 5. The van der Waals surface area contributed by atoms with Crippen molar-refractivity contribution in [2.45, 2.75) is 31.7 Å². The zero-order valence-electron chi connectivity index (χ0n) is 15.7. The smallest absolute Gasteiger partial charge is 0.326 e. The summed E-state index contributed by atoms with van der Waals surface area (Å²) in [6.45, 7) is 2.36. The Morgan fingerprint density at radius 3 is 2.75 bits per heavy atom. The molecule has 28 heavy (non-hydrogen) atoms. The van der Waals surface area contributed by atoms with E-state index >= 15 is 0 Å². The maximum Gasteiger partial charge on any atom is 0.326 e. The lowest BCUT2D eigenvalue weighted by Crippen LogP contribution is -2.45. The molecule has 1 unspecified atom stereocenters. The van der Waals surface area contributed by atoms with Gasteiger partial charge in [0.05, 0.1) is 5.69 Å². The number of anilines is 1. The maximum atomic E-state index is 12.9. The van der Waals surface area contributed by atoms with Crippen molar-refractivity contribution in [3.63, 3.8) is 0 Å². The van der Waals surface area contributed by atoms with E-state index in [1.54, 1.807) is 17.0 Å². The monoisotopic (exact) mass is 387 g/mol. The number of carbonyl (C=O) groups is 3. The number of piperidine rings is 1. The summed E-state index contributed by atoms with van der Waals surface area (Å²) in [7, 11) is 0. The van der Waals surface area contributed by atoms with Gasteiger partial charge in [-0.25, -0.2) is 4.79 Å². The Morgan fingerprint density at radius 1 is 1.25 bits per heavy atom. The molecule has 1 atom stereocenters. The van der Waals surface area contributed by atoms with E-state index in [4.69, 9.17) is 4.74 Å². The lowest BCUT2D eigenvalue weighted by molar-refractivity contribution is -0.148. The first kappa shape index (κ1) is 18.7. The summed E-state index contributed by atoms with van der Waals surface area (Å²) in [4.78, 5) is 40.1. The van der Waals surface area contributed by atoms with Crippen LogP contribution in [0.1, 0.15) is 25.7 Å². The van der Waals surface area contributed by atoms with Crippen molar-refractivity contribution in [3.8, 4) is 5.75 Å². The summed E-state index contributed by atoms with van der Waals surface area (Å²) < 4.78 is 5.43. The lowest BCUT2D eigenvalue weighted by Gasteiger charge is -2.33.